The Morgan fingerprint density at radius 2 is 1.89 bits per heavy atom. The van der Waals surface area contributed by atoms with Crippen molar-refractivity contribution >= 4 is 0 Å². The molecule has 1 fully saturated rings. The molecule has 0 bridgehead atoms. The zero-order chi connectivity index (χ0) is 14.0. The Labute approximate surface area is 116 Å². The number of rotatable bonds is 2. The Hall–Kier alpha value is -0.890. The van der Waals surface area contributed by atoms with Crippen LogP contribution in [0.1, 0.15) is 51.5 Å². The SMILES string of the molecule is CC(C)(C)C1CCC(CN)C(c2ccccc2F)C1. The lowest BCUT2D eigenvalue weighted by atomic mass is 9.64. The molecule has 0 aromatic heterocycles. The first kappa shape index (κ1) is 14.5. The molecule has 106 valence electrons. The Balaban J connectivity index is 2.26. The van der Waals surface area contributed by atoms with E-state index in [9.17, 15) is 4.39 Å². The second-order valence-electron chi connectivity index (χ2n) is 7.00. The van der Waals surface area contributed by atoms with Crippen molar-refractivity contribution in [2.24, 2.45) is 23.0 Å². The van der Waals surface area contributed by atoms with Crippen LogP contribution in [-0.2, 0) is 0 Å². The van der Waals surface area contributed by atoms with Gasteiger partial charge in [0.05, 0.1) is 0 Å². The highest BCUT2D eigenvalue weighted by Gasteiger charge is 2.36. The molecular formula is C17H26FN. The summed E-state index contributed by atoms with van der Waals surface area (Å²) in [6.07, 6.45) is 3.40. The molecular weight excluding hydrogens is 237 g/mol. The summed E-state index contributed by atoms with van der Waals surface area (Å²) in [6.45, 7) is 7.53. The monoisotopic (exact) mass is 263 g/mol. The fourth-order valence-corrected chi connectivity index (χ4v) is 3.46. The van der Waals surface area contributed by atoms with Crippen molar-refractivity contribution in [1.82, 2.24) is 0 Å². The van der Waals surface area contributed by atoms with Crippen molar-refractivity contribution in [1.29, 1.82) is 0 Å². The second kappa shape index (κ2) is 5.62. The zero-order valence-corrected chi connectivity index (χ0v) is 12.3. The number of benzene rings is 1. The van der Waals surface area contributed by atoms with E-state index >= 15 is 0 Å². The smallest absolute Gasteiger partial charge is 0.126 e. The van der Waals surface area contributed by atoms with Gasteiger partial charge < -0.3 is 5.73 Å². The van der Waals surface area contributed by atoms with E-state index in [1.54, 1.807) is 12.1 Å². The van der Waals surface area contributed by atoms with E-state index in [4.69, 9.17) is 5.73 Å². The first-order valence-electron chi connectivity index (χ1n) is 7.38. The van der Waals surface area contributed by atoms with Crippen molar-refractivity contribution in [3.63, 3.8) is 0 Å². The Kier molecular flexibility index (Phi) is 4.29. The summed E-state index contributed by atoms with van der Waals surface area (Å²) in [6, 6.07) is 7.21. The summed E-state index contributed by atoms with van der Waals surface area (Å²) in [5.41, 5.74) is 7.08. The van der Waals surface area contributed by atoms with E-state index in [-0.39, 0.29) is 11.7 Å². The number of nitrogens with two attached hydrogens (primary N) is 1. The zero-order valence-electron chi connectivity index (χ0n) is 12.3. The topological polar surface area (TPSA) is 26.0 Å². The van der Waals surface area contributed by atoms with Gasteiger partial charge in [0.15, 0.2) is 0 Å². The molecule has 1 aromatic rings. The van der Waals surface area contributed by atoms with Crippen molar-refractivity contribution < 1.29 is 4.39 Å². The van der Waals surface area contributed by atoms with Gasteiger partial charge in [-0.3, -0.25) is 0 Å². The fourth-order valence-electron chi connectivity index (χ4n) is 3.46. The van der Waals surface area contributed by atoms with Gasteiger partial charge in [0, 0.05) is 0 Å². The Bertz CT molecular complexity index is 422. The minimum atomic E-state index is -0.0690. The average Bonchev–Trinajstić information content (AvgIpc) is 2.37. The van der Waals surface area contributed by atoms with Gasteiger partial charge in [-0.25, -0.2) is 4.39 Å². The van der Waals surface area contributed by atoms with E-state index in [1.165, 1.54) is 6.42 Å². The maximum Gasteiger partial charge on any atom is 0.126 e. The molecule has 0 amide bonds. The molecule has 0 saturated heterocycles. The van der Waals surface area contributed by atoms with Crippen molar-refractivity contribution in [2.75, 3.05) is 6.54 Å². The van der Waals surface area contributed by atoms with E-state index in [0.29, 0.717) is 23.8 Å². The summed E-state index contributed by atoms with van der Waals surface area (Å²) in [5.74, 6) is 1.29. The molecule has 19 heavy (non-hydrogen) atoms. The van der Waals surface area contributed by atoms with Gasteiger partial charge in [-0.1, -0.05) is 39.0 Å². The van der Waals surface area contributed by atoms with Gasteiger partial charge in [-0.2, -0.15) is 0 Å². The molecule has 1 aliphatic rings. The largest absolute Gasteiger partial charge is 0.330 e. The van der Waals surface area contributed by atoms with E-state index < -0.39 is 0 Å². The first-order valence-corrected chi connectivity index (χ1v) is 7.38. The molecule has 0 radical (unpaired) electrons. The number of halogens is 1. The van der Waals surface area contributed by atoms with E-state index in [1.807, 2.05) is 12.1 Å². The molecule has 3 atom stereocenters. The van der Waals surface area contributed by atoms with Crippen molar-refractivity contribution in [2.45, 2.75) is 46.0 Å². The van der Waals surface area contributed by atoms with Crippen LogP contribution < -0.4 is 5.73 Å². The van der Waals surface area contributed by atoms with Crippen LogP contribution in [0.2, 0.25) is 0 Å². The third kappa shape index (κ3) is 3.17. The standard InChI is InChI=1S/C17H26FN/c1-17(2,3)13-9-8-12(11-19)15(10-13)14-6-4-5-7-16(14)18/h4-7,12-13,15H,8-11,19H2,1-3H3. The Morgan fingerprint density at radius 1 is 1.21 bits per heavy atom. The first-order chi connectivity index (χ1) is 8.93. The van der Waals surface area contributed by atoms with Crippen LogP contribution in [0.25, 0.3) is 0 Å². The predicted octanol–water partition coefficient (Wildman–Crippen LogP) is 4.33. The van der Waals surface area contributed by atoms with Crippen molar-refractivity contribution in [3.05, 3.63) is 35.6 Å². The molecule has 3 unspecified atom stereocenters. The molecule has 1 aromatic carbocycles. The number of hydrogen-bond acceptors (Lipinski definition) is 1. The lowest BCUT2D eigenvalue weighted by Crippen LogP contribution is -2.34. The van der Waals surface area contributed by atoms with Crippen LogP contribution in [0, 0.1) is 23.1 Å². The van der Waals surface area contributed by atoms with Gasteiger partial charge in [0.2, 0.25) is 0 Å². The maximum absolute atomic E-state index is 14.1. The highest BCUT2D eigenvalue weighted by molar-refractivity contribution is 5.23. The molecule has 0 heterocycles. The van der Waals surface area contributed by atoms with E-state index in [2.05, 4.69) is 20.8 Å². The third-order valence-corrected chi connectivity index (χ3v) is 4.83. The Morgan fingerprint density at radius 3 is 2.47 bits per heavy atom. The van der Waals surface area contributed by atoms with Gasteiger partial charge in [-0.15, -0.1) is 0 Å². The minimum Gasteiger partial charge on any atom is -0.330 e. The summed E-state index contributed by atoms with van der Waals surface area (Å²) in [7, 11) is 0. The van der Waals surface area contributed by atoms with Crippen LogP contribution in [0.15, 0.2) is 24.3 Å². The normalized spacial score (nSPS) is 28.4. The molecule has 0 aliphatic heterocycles. The molecule has 2 heteroatoms. The quantitative estimate of drug-likeness (QED) is 0.844. The minimum absolute atomic E-state index is 0.0690. The number of hydrogen-bond donors (Lipinski definition) is 1. The van der Waals surface area contributed by atoms with Gasteiger partial charge in [0.1, 0.15) is 5.82 Å². The molecule has 1 saturated carbocycles. The molecule has 2 N–H and O–H groups in total. The lowest BCUT2D eigenvalue weighted by Gasteiger charge is -2.42. The third-order valence-electron chi connectivity index (χ3n) is 4.83. The van der Waals surface area contributed by atoms with Crippen LogP contribution in [0.4, 0.5) is 4.39 Å². The summed E-state index contributed by atoms with van der Waals surface area (Å²) in [5, 5.41) is 0. The molecule has 2 rings (SSSR count). The highest BCUT2D eigenvalue weighted by Crippen LogP contribution is 2.46. The summed E-state index contributed by atoms with van der Waals surface area (Å²) in [4.78, 5) is 0. The fraction of sp³-hybridized carbons (Fsp3) is 0.647. The predicted molar refractivity (Wildman–Crippen MR) is 78.5 cm³/mol. The molecule has 1 aliphatic carbocycles. The van der Waals surface area contributed by atoms with Crippen LogP contribution >= 0.6 is 0 Å². The average molecular weight is 263 g/mol. The van der Waals surface area contributed by atoms with Gasteiger partial charge in [-0.05, 0) is 60.6 Å². The summed E-state index contributed by atoms with van der Waals surface area (Å²) < 4.78 is 14.1. The maximum atomic E-state index is 14.1. The van der Waals surface area contributed by atoms with Crippen molar-refractivity contribution in [3.8, 4) is 0 Å². The van der Waals surface area contributed by atoms with Crippen LogP contribution in [0.5, 0.6) is 0 Å². The second-order valence-corrected chi connectivity index (χ2v) is 7.00. The van der Waals surface area contributed by atoms with Gasteiger partial charge >= 0.3 is 0 Å². The van der Waals surface area contributed by atoms with Crippen LogP contribution in [-0.4, -0.2) is 6.54 Å². The van der Waals surface area contributed by atoms with Crippen LogP contribution in [0.3, 0.4) is 0 Å². The molecule has 0 spiro atoms. The molecule has 1 nitrogen and oxygen atoms in total. The highest BCUT2D eigenvalue weighted by atomic mass is 19.1. The summed E-state index contributed by atoms with van der Waals surface area (Å²) >= 11 is 0. The lowest BCUT2D eigenvalue weighted by molar-refractivity contribution is 0.131. The van der Waals surface area contributed by atoms with E-state index in [0.717, 1.165) is 18.4 Å². The van der Waals surface area contributed by atoms with Gasteiger partial charge in [0.25, 0.3) is 0 Å².